The van der Waals surface area contributed by atoms with Crippen LogP contribution in [0.3, 0.4) is 0 Å². The molecule has 0 aliphatic carbocycles. The average molecular weight is 425 g/mol. The number of nitrogens with one attached hydrogen (secondary N) is 1. The highest BCUT2D eigenvalue weighted by molar-refractivity contribution is 7.13. The van der Waals surface area contributed by atoms with Crippen LogP contribution in [0.15, 0.2) is 48.1 Å². The smallest absolute Gasteiger partial charge is 0.270 e. The van der Waals surface area contributed by atoms with Crippen molar-refractivity contribution in [3.8, 4) is 10.6 Å². The highest BCUT2D eigenvalue weighted by Crippen LogP contribution is 2.22. The number of aromatic nitrogens is 3. The van der Waals surface area contributed by atoms with E-state index < -0.39 is 0 Å². The van der Waals surface area contributed by atoms with Crippen molar-refractivity contribution in [1.82, 2.24) is 29.9 Å². The predicted octanol–water partition coefficient (Wildman–Crippen LogP) is 2.48. The molecule has 1 fully saturated rings. The Morgan fingerprint density at radius 1 is 1.13 bits per heavy atom. The summed E-state index contributed by atoms with van der Waals surface area (Å²) >= 11 is 1.47. The fourth-order valence-electron chi connectivity index (χ4n) is 3.65. The minimum absolute atomic E-state index is 0.103. The molecule has 2 aromatic heterocycles. The SMILES string of the molecule is Cn1cc(-c2nc(C(=O)NCCCN3CCN(Cc4ccccc4)CC3)cs2)cn1. The normalized spacial score (nSPS) is 15.4. The van der Waals surface area contributed by atoms with Crippen LogP contribution >= 0.6 is 11.3 Å². The van der Waals surface area contributed by atoms with Gasteiger partial charge in [0.15, 0.2) is 0 Å². The maximum atomic E-state index is 12.4. The Bertz CT molecular complexity index is 945. The summed E-state index contributed by atoms with van der Waals surface area (Å²) in [6.45, 7) is 7.07. The average Bonchev–Trinajstić information content (AvgIpc) is 3.42. The van der Waals surface area contributed by atoms with Gasteiger partial charge in [0.2, 0.25) is 0 Å². The van der Waals surface area contributed by atoms with Crippen molar-refractivity contribution in [2.24, 2.45) is 7.05 Å². The van der Waals surface area contributed by atoms with Gasteiger partial charge in [-0.05, 0) is 18.5 Å². The number of carbonyl (C=O) groups is 1. The maximum absolute atomic E-state index is 12.4. The number of benzene rings is 1. The predicted molar refractivity (Wildman–Crippen MR) is 119 cm³/mol. The van der Waals surface area contributed by atoms with E-state index >= 15 is 0 Å². The summed E-state index contributed by atoms with van der Waals surface area (Å²) in [5.41, 5.74) is 2.80. The van der Waals surface area contributed by atoms with Crippen LogP contribution in [0.2, 0.25) is 0 Å². The van der Waals surface area contributed by atoms with E-state index in [0.29, 0.717) is 12.2 Å². The summed E-state index contributed by atoms with van der Waals surface area (Å²) in [5.74, 6) is -0.103. The second-order valence-electron chi connectivity index (χ2n) is 7.65. The summed E-state index contributed by atoms with van der Waals surface area (Å²) in [5, 5.41) is 9.78. The summed E-state index contributed by atoms with van der Waals surface area (Å²) in [4.78, 5) is 21.8. The second-order valence-corrected chi connectivity index (χ2v) is 8.51. The molecule has 1 saturated heterocycles. The van der Waals surface area contributed by atoms with Gasteiger partial charge in [-0.2, -0.15) is 5.10 Å². The van der Waals surface area contributed by atoms with Crippen LogP contribution in [-0.2, 0) is 13.6 Å². The molecule has 0 spiro atoms. The fraction of sp³-hybridized carbons (Fsp3) is 0.409. The Balaban J connectivity index is 1.14. The molecule has 8 heteroatoms. The van der Waals surface area contributed by atoms with E-state index in [9.17, 15) is 4.79 Å². The number of hydrogen-bond acceptors (Lipinski definition) is 6. The quantitative estimate of drug-likeness (QED) is 0.563. The highest BCUT2D eigenvalue weighted by atomic mass is 32.1. The zero-order valence-electron chi connectivity index (χ0n) is 17.3. The summed E-state index contributed by atoms with van der Waals surface area (Å²) in [7, 11) is 1.87. The van der Waals surface area contributed by atoms with Gasteiger partial charge in [-0.1, -0.05) is 30.3 Å². The molecule has 1 amide bonds. The van der Waals surface area contributed by atoms with Crippen LogP contribution in [0.1, 0.15) is 22.5 Å². The lowest BCUT2D eigenvalue weighted by Crippen LogP contribution is -2.46. The van der Waals surface area contributed by atoms with Gasteiger partial charge >= 0.3 is 0 Å². The molecule has 1 N–H and O–H groups in total. The molecule has 1 aromatic carbocycles. The number of nitrogens with zero attached hydrogens (tertiary/aromatic N) is 5. The third kappa shape index (κ3) is 5.53. The van der Waals surface area contributed by atoms with Crippen LogP contribution in [-0.4, -0.2) is 69.7 Å². The van der Waals surface area contributed by atoms with Gasteiger partial charge in [0, 0.05) is 63.5 Å². The molecular weight excluding hydrogens is 396 g/mol. The van der Waals surface area contributed by atoms with Gasteiger partial charge in [0.1, 0.15) is 10.7 Å². The molecule has 0 saturated carbocycles. The third-order valence-corrected chi connectivity index (χ3v) is 6.23. The Labute approximate surface area is 181 Å². The molecule has 0 bridgehead atoms. The van der Waals surface area contributed by atoms with Crippen LogP contribution < -0.4 is 5.32 Å². The van der Waals surface area contributed by atoms with Gasteiger partial charge in [0.05, 0.1) is 6.20 Å². The van der Waals surface area contributed by atoms with Crippen molar-refractivity contribution in [3.63, 3.8) is 0 Å². The van der Waals surface area contributed by atoms with E-state index in [-0.39, 0.29) is 5.91 Å². The van der Waals surface area contributed by atoms with Crippen LogP contribution in [0.25, 0.3) is 10.6 Å². The van der Waals surface area contributed by atoms with Crippen molar-refractivity contribution in [2.75, 3.05) is 39.3 Å². The molecule has 4 rings (SSSR count). The van der Waals surface area contributed by atoms with Crippen molar-refractivity contribution in [1.29, 1.82) is 0 Å². The number of rotatable bonds is 8. The molecule has 7 nitrogen and oxygen atoms in total. The van der Waals surface area contributed by atoms with Crippen LogP contribution in [0.4, 0.5) is 0 Å². The second kappa shape index (κ2) is 9.97. The Morgan fingerprint density at radius 3 is 2.63 bits per heavy atom. The molecule has 0 radical (unpaired) electrons. The number of piperazine rings is 1. The van der Waals surface area contributed by atoms with Crippen molar-refractivity contribution >= 4 is 17.2 Å². The van der Waals surface area contributed by atoms with E-state index in [0.717, 1.165) is 56.3 Å². The first-order valence-corrected chi connectivity index (χ1v) is 11.3. The van der Waals surface area contributed by atoms with Gasteiger partial charge in [-0.3, -0.25) is 14.4 Å². The lowest BCUT2D eigenvalue weighted by molar-refractivity contribution is 0.0943. The minimum atomic E-state index is -0.103. The highest BCUT2D eigenvalue weighted by Gasteiger charge is 2.17. The lowest BCUT2D eigenvalue weighted by atomic mass is 10.2. The molecular formula is C22H28N6OS. The van der Waals surface area contributed by atoms with Crippen molar-refractivity contribution in [3.05, 3.63) is 59.4 Å². The third-order valence-electron chi connectivity index (χ3n) is 5.34. The zero-order valence-corrected chi connectivity index (χ0v) is 18.1. The molecule has 0 unspecified atom stereocenters. The van der Waals surface area contributed by atoms with Crippen molar-refractivity contribution in [2.45, 2.75) is 13.0 Å². The van der Waals surface area contributed by atoms with Crippen LogP contribution in [0.5, 0.6) is 0 Å². The summed E-state index contributed by atoms with van der Waals surface area (Å²) in [6.07, 6.45) is 4.62. The van der Waals surface area contributed by atoms with E-state index in [1.54, 1.807) is 10.9 Å². The molecule has 1 aliphatic rings. The molecule has 0 atom stereocenters. The minimum Gasteiger partial charge on any atom is -0.351 e. The zero-order chi connectivity index (χ0) is 20.8. The largest absolute Gasteiger partial charge is 0.351 e. The summed E-state index contributed by atoms with van der Waals surface area (Å²) < 4.78 is 1.73. The molecule has 30 heavy (non-hydrogen) atoms. The van der Waals surface area contributed by atoms with E-state index in [1.165, 1.54) is 16.9 Å². The Kier molecular flexibility index (Phi) is 6.88. The monoisotopic (exact) mass is 424 g/mol. The Hall–Kier alpha value is -2.55. The fourth-order valence-corrected chi connectivity index (χ4v) is 4.43. The number of carbonyl (C=O) groups excluding carboxylic acids is 1. The maximum Gasteiger partial charge on any atom is 0.270 e. The number of amides is 1. The summed E-state index contributed by atoms with van der Waals surface area (Å²) in [6, 6.07) is 10.7. The number of aryl methyl sites for hydroxylation is 1. The van der Waals surface area contributed by atoms with Crippen LogP contribution in [0, 0.1) is 0 Å². The first-order valence-electron chi connectivity index (χ1n) is 10.4. The molecule has 3 aromatic rings. The topological polar surface area (TPSA) is 66.3 Å². The Morgan fingerprint density at radius 2 is 1.90 bits per heavy atom. The van der Waals surface area contributed by atoms with Crippen molar-refractivity contribution < 1.29 is 4.79 Å². The molecule has 1 aliphatic heterocycles. The van der Waals surface area contributed by atoms with E-state index in [1.807, 2.05) is 18.6 Å². The standard InChI is InChI=1S/C22H28N6OS/c1-26-16-19(14-24-26)22-25-20(17-30-22)21(29)23-8-5-9-27-10-12-28(13-11-27)15-18-6-3-2-4-7-18/h2-4,6-7,14,16-17H,5,8-13,15H2,1H3,(H,23,29). The number of hydrogen-bond donors (Lipinski definition) is 1. The first-order chi connectivity index (χ1) is 14.7. The molecule has 3 heterocycles. The van der Waals surface area contributed by atoms with E-state index in [4.69, 9.17) is 0 Å². The van der Waals surface area contributed by atoms with Gasteiger partial charge in [-0.25, -0.2) is 4.98 Å². The first kappa shape index (κ1) is 20.7. The lowest BCUT2D eigenvalue weighted by Gasteiger charge is -2.34. The van der Waals surface area contributed by atoms with Gasteiger partial charge in [0.25, 0.3) is 5.91 Å². The van der Waals surface area contributed by atoms with Gasteiger partial charge < -0.3 is 10.2 Å². The molecule has 158 valence electrons. The van der Waals surface area contributed by atoms with E-state index in [2.05, 4.69) is 55.5 Å². The number of thiazole rings is 1. The van der Waals surface area contributed by atoms with Gasteiger partial charge in [-0.15, -0.1) is 11.3 Å².